The predicted molar refractivity (Wildman–Crippen MR) is 101 cm³/mol. The molecule has 1 aliphatic rings. The van der Waals surface area contributed by atoms with Gasteiger partial charge in [0.1, 0.15) is 5.82 Å². The zero-order valence-electron chi connectivity index (χ0n) is 14.3. The molecule has 9 heteroatoms. The first kappa shape index (κ1) is 18.7. The highest BCUT2D eigenvalue weighted by Gasteiger charge is 2.31. The summed E-state index contributed by atoms with van der Waals surface area (Å²) in [6.07, 6.45) is 2.37. The fourth-order valence-corrected chi connectivity index (χ4v) is 3.46. The lowest BCUT2D eigenvalue weighted by atomic mass is 10.3. The third-order valence-electron chi connectivity index (χ3n) is 4.03. The summed E-state index contributed by atoms with van der Waals surface area (Å²) in [7, 11) is 0. The van der Waals surface area contributed by atoms with Gasteiger partial charge in [0, 0.05) is 29.6 Å². The highest BCUT2D eigenvalue weighted by atomic mass is 35.5. The summed E-state index contributed by atoms with van der Waals surface area (Å²) in [6, 6.07) is 6.94. The number of nitrogens with one attached hydrogen (secondary N) is 1. The minimum Gasteiger partial charge on any atom is -0.370 e. The van der Waals surface area contributed by atoms with Crippen molar-refractivity contribution < 1.29 is 9.59 Å². The van der Waals surface area contributed by atoms with E-state index < -0.39 is 0 Å². The molecule has 1 aromatic carbocycles. The molecule has 1 atom stereocenters. The summed E-state index contributed by atoms with van der Waals surface area (Å²) in [4.78, 5) is 23.6. The molecule has 1 aromatic heterocycles. The van der Waals surface area contributed by atoms with Crippen molar-refractivity contribution in [2.24, 2.45) is 5.73 Å². The van der Waals surface area contributed by atoms with Gasteiger partial charge >= 0.3 is 0 Å². The average Bonchev–Trinajstić information content (AvgIpc) is 3.37. The number of carbonyl (C=O) groups excluding carboxylic acids is 2. The molecule has 3 rings (SSSR count). The fourth-order valence-electron chi connectivity index (χ4n) is 2.45. The van der Waals surface area contributed by atoms with Gasteiger partial charge in [-0.15, -0.1) is 10.2 Å². The molecule has 138 valence electrons. The molecule has 1 unspecified atom stereocenters. The van der Waals surface area contributed by atoms with Gasteiger partial charge in [0.25, 0.3) is 0 Å². The van der Waals surface area contributed by atoms with Crippen LogP contribution in [-0.2, 0) is 16.1 Å². The van der Waals surface area contributed by atoms with Crippen LogP contribution in [0.5, 0.6) is 0 Å². The number of benzene rings is 1. The maximum absolute atomic E-state index is 12.4. The largest absolute Gasteiger partial charge is 0.370 e. The molecule has 0 radical (unpaired) electrons. The van der Waals surface area contributed by atoms with E-state index in [4.69, 9.17) is 17.3 Å². The van der Waals surface area contributed by atoms with Gasteiger partial charge in [-0.3, -0.25) is 9.59 Å². The molecular weight excluding hydrogens is 374 g/mol. The summed E-state index contributed by atoms with van der Waals surface area (Å²) in [6.45, 7) is 2.24. The Morgan fingerprint density at radius 3 is 2.65 bits per heavy atom. The molecule has 1 heterocycles. The van der Waals surface area contributed by atoms with Gasteiger partial charge in [-0.05, 0) is 44.0 Å². The summed E-state index contributed by atoms with van der Waals surface area (Å²) in [5, 5.41) is 12.2. The lowest BCUT2D eigenvalue weighted by molar-refractivity contribution is -0.118. The number of nitrogens with two attached hydrogens (primary N) is 1. The van der Waals surface area contributed by atoms with E-state index in [2.05, 4.69) is 15.5 Å². The van der Waals surface area contributed by atoms with Gasteiger partial charge in [0.05, 0.1) is 5.25 Å². The number of halogens is 1. The summed E-state index contributed by atoms with van der Waals surface area (Å²) in [5.74, 6) is 0.752. The molecule has 7 nitrogen and oxygen atoms in total. The van der Waals surface area contributed by atoms with Crippen LogP contribution in [-0.4, -0.2) is 31.8 Å². The minimum absolute atomic E-state index is 0.144. The van der Waals surface area contributed by atoms with E-state index in [0.29, 0.717) is 28.3 Å². The van der Waals surface area contributed by atoms with Gasteiger partial charge in [-0.2, -0.15) is 0 Å². The summed E-state index contributed by atoms with van der Waals surface area (Å²) < 4.78 is 1.92. The number of anilines is 1. The Bertz CT molecular complexity index is 804. The van der Waals surface area contributed by atoms with Crippen molar-refractivity contribution in [1.29, 1.82) is 0 Å². The molecule has 1 saturated carbocycles. The van der Waals surface area contributed by atoms with E-state index in [-0.39, 0.29) is 23.5 Å². The molecular formula is C17H20ClN5O2S. The van der Waals surface area contributed by atoms with Crippen LogP contribution in [0.1, 0.15) is 37.9 Å². The number of carbonyl (C=O) groups is 2. The number of hydrogen-bond donors (Lipinski definition) is 2. The van der Waals surface area contributed by atoms with Crippen molar-refractivity contribution in [3.63, 3.8) is 0 Å². The Labute approximate surface area is 160 Å². The molecule has 0 aliphatic heterocycles. The topological polar surface area (TPSA) is 103 Å². The molecule has 1 fully saturated rings. The highest BCUT2D eigenvalue weighted by molar-refractivity contribution is 8.00. The molecule has 0 saturated heterocycles. The molecule has 0 bridgehead atoms. The van der Waals surface area contributed by atoms with Gasteiger partial charge < -0.3 is 15.6 Å². The Morgan fingerprint density at radius 1 is 1.35 bits per heavy atom. The van der Waals surface area contributed by atoms with Crippen LogP contribution in [0.25, 0.3) is 0 Å². The smallest absolute Gasteiger partial charge is 0.237 e. The van der Waals surface area contributed by atoms with Gasteiger partial charge in [0.15, 0.2) is 5.16 Å². The second kappa shape index (κ2) is 8.09. The molecule has 2 amide bonds. The van der Waals surface area contributed by atoms with Crippen LogP contribution < -0.4 is 11.1 Å². The Kier molecular flexibility index (Phi) is 5.83. The van der Waals surface area contributed by atoms with Crippen LogP contribution in [0, 0.1) is 0 Å². The SMILES string of the molecule is CC(Sc1nnc(C2CC2)n1CCC(N)=O)C(=O)Nc1ccc(Cl)cc1. The number of aromatic nitrogens is 3. The minimum atomic E-state index is -0.380. The Hall–Kier alpha value is -2.06. The second-order valence-electron chi connectivity index (χ2n) is 6.24. The standard InChI is InChI=1S/C17H20ClN5O2S/c1-10(16(25)20-13-6-4-12(18)5-7-13)26-17-22-21-15(11-2-3-11)23(17)9-8-14(19)24/h4-7,10-11H,2-3,8-9H2,1H3,(H2,19,24)(H,20,25). The first-order valence-corrected chi connectivity index (χ1v) is 9.64. The third-order valence-corrected chi connectivity index (χ3v) is 5.37. The number of hydrogen-bond acceptors (Lipinski definition) is 5. The zero-order chi connectivity index (χ0) is 18.7. The lowest BCUT2D eigenvalue weighted by Gasteiger charge is -2.13. The first-order valence-electron chi connectivity index (χ1n) is 8.38. The maximum Gasteiger partial charge on any atom is 0.237 e. The van der Waals surface area contributed by atoms with E-state index in [0.717, 1.165) is 18.7 Å². The Balaban J connectivity index is 1.67. The quantitative estimate of drug-likeness (QED) is 0.671. The second-order valence-corrected chi connectivity index (χ2v) is 7.98. The molecule has 0 spiro atoms. The number of rotatable bonds is 8. The van der Waals surface area contributed by atoms with E-state index >= 15 is 0 Å². The predicted octanol–water partition coefficient (Wildman–Crippen LogP) is 2.80. The Morgan fingerprint density at radius 2 is 2.04 bits per heavy atom. The van der Waals surface area contributed by atoms with Crippen LogP contribution >= 0.6 is 23.4 Å². The van der Waals surface area contributed by atoms with Crippen molar-refractivity contribution in [2.75, 3.05) is 5.32 Å². The number of thioether (sulfide) groups is 1. The molecule has 1 aliphatic carbocycles. The van der Waals surface area contributed by atoms with E-state index in [9.17, 15) is 9.59 Å². The highest BCUT2D eigenvalue weighted by Crippen LogP contribution is 2.40. The molecule has 26 heavy (non-hydrogen) atoms. The van der Waals surface area contributed by atoms with E-state index in [1.165, 1.54) is 11.8 Å². The normalized spacial score (nSPS) is 14.8. The molecule has 2 aromatic rings. The van der Waals surface area contributed by atoms with Gasteiger partial charge in [0.2, 0.25) is 11.8 Å². The number of primary amides is 1. The van der Waals surface area contributed by atoms with Crippen molar-refractivity contribution in [3.8, 4) is 0 Å². The number of amides is 2. The average molecular weight is 394 g/mol. The fraction of sp³-hybridized carbons (Fsp3) is 0.412. The third kappa shape index (κ3) is 4.76. The summed E-state index contributed by atoms with van der Waals surface area (Å²) >= 11 is 7.17. The number of nitrogens with zero attached hydrogens (tertiary/aromatic N) is 3. The van der Waals surface area contributed by atoms with E-state index in [1.54, 1.807) is 31.2 Å². The van der Waals surface area contributed by atoms with Crippen molar-refractivity contribution in [2.45, 2.75) is 49.1 Å². The molecule has 3 N–H and O–H groups in total. The van der Waals surface area contributed by atoms with Crippen molar-refractivity contribution in [1.82, 2.24) is 14.8 Å². The summed E-state index contributed by atoms with van der Waals surface area (Å²) in [5.41, 5.74) is 5.95. The van der Waals surface area contributed by atoms with Crippen LogP contribution in [0.4, 0.5) is 5.69 Å². The van der Waals surface area contributed by atoms with Crippen LogP contribution in [0.2, 0.25) is 5.02 Å². The van der Waals surface area contributed by atoms with Gasteiger partial charge in [-0.25, -0.2) is 0 Å². The van der Waals surface area contributed by atoms with Crippen molar-refractivity contribution >= 4 is 40.9 Å². The zero-order valence-corrected chi connectivity index (χ0v) is 15.9. The van der Waals surface area contributed by atoms with Gasteiger partial charge in [-0.1, -0.05) is 23.4 Å². The van der Waals surface area contributed by atoms with Crippen LogP contribution in [0.3, 0.4) is 0 Å². The first-order chi connectivity index (χ1) is 12.4. The maximum atomic E-state index is 12.4. The monoisotopic (exact) mass is 393 g/mol. The van der Waals surface area contributed by atoms with Crippen LogP contribution in [0.15, 0.2) is 29.4 Å². The van der Waals surface area contributed by atoms with Crippen molar-refractivity contribution in [3.05, 3.63) is 35.1 Å². The van der Waals surface area contributed by atoms with E-state index in [1.807, 2.05) is 4.57 Å². The lowest BCUT2D eigenvalue weighted by Crippen LogP contribution is -2.23.